The number of nitrogens with zero attached hydrogens (tertiary/aromatic N) is 2. The summed E-state index contributed by atoms with van der Waals surface area (Å²) in [6, 6.07) is 11.9. The molecule has 1 unspecified atom stereocenters. The highest BCUT2D eigenvalue weighted by atomic mass is 35.5. The number of rotatable bonds is 11. The number of nitrogens with one attached hydrogen (secondary N) is 1. The number of hydrogen-bond donors (Lipinski definition) is 1. The Morgan fingerprint density at radius 1 is 1.08 bits per heavy atom. The van der Waals surface area contributed by atoms with Crippen molar-refractivity contribution in [2.45, 2.75) is 65.1 Å². The van der Waals surface area contributed by atoms with E-state index < -0.39 is 27.4 Å². The first-order valence-electron chi connectivity index (χ1n) is 11.8. The Hall–Kier alpha value is -2.65. The van der Waals surface area contributed by atoms with Crippen LogP contribution in [-0.4, -0.2) is 49.5 Å². The van der Waals surface area contributed by atoms with Crippen molar-refractivity contribution in [3.8, 4) is 0 Å². The fourth-order valence-electron chi connectivity index (χ4n) is 3.82. The van der Waals surface area contributed by atoms with Gasteiger partial charge in [-0.3, -0.25) is 13.9 Å². The molecule has 2 amide bonds. The largest absolute Gasteiger partial charge is 0.350 e. The van der Waals surface area contributed by atoms with Crippen LogP contribution in [0.25, 0.3) is 0 Å². The van der Waals surface area contributed by atoms with Crippen molar-refractivity contribution in [2.24, 2.45) is 0 Å². The third-order valence-corrected chi connectivity index (χ3v) is 7.00. The zero-order valence-corrected chi connectivity index (χ0v) is 23.0. The summed E-state index contributed by atoms with van der Waals surface area (Å²) in [5, 5.41) is 3.41. The number of amides is 2. The molecule has 0 spiro atoms. The van der Waals surface area contributed by atoms with Crippen LogP contribution in [0.5, 0.6) is 0 Å². The lowest BCUT2D eigenvalue weighted by atomic mass is 10.0. The van der Waals surface area contributed by atoms with Gasteiger partial charge in [-0.1, -0.05) is 48.9 Å². The molecule has 198 valence electrons. The van der Waals surface area contributed by atoms with Crippen LogP contribution in [0, 0.1) is 5.82 Å². The Bertz CT molecular complexity index is 1170. The van der Waals surface area contributed by atoms with Gasteiger partial charge in [0.2, 0.25) is 21.8 Å². The molecule has 10 heteroatoms. The summed E-state index contributed by atoms with van der Waals surface area (Å²) >= 11 is 6.34. The molecule has 2 rings (SSSR count). The van der Waals surface area contributed by atoms with Gasteiger partial charge in [-0.25, -0.2) is 12.8 Å². The molecule has 0 aliphatic rings. The maximum absolute atomic E-state index is 14.3. The van der Waals surface area contributed by atoms with Crippen molar-refractivity contribution in [3.05, 3.63) is 64.9 Å². The summed E-state index contributed by atoms with van der Waals surface area (Å²) in [4.78, 5) is 28.0. The van der Waals surface area contributed by atoms with E-state index in [0.717, 1.165) is 10.6 Å². The molecule has 0 bridgehead atoms. The Morgan fingerprint density at radius 2 is 1.69 bits per heavy atom. The molecule has 0 heterocycles. The molecule has 0 radical (unpaired) electrons. The summed E-state index contributed by atoms with van der Waals surface area (Å²) < 4.78 is 39.9. The average Bonchev–Trinajstić information content (AvgIpc) is 2.76. The molecule has 0 saturated carbocycles. The van der Waals surface area contributed by atoms with Crippen molar-refractivity contribution in [1.29, 1.82) is 0 Å². The Labute approximate surface area is 218 Å². The number of benzene rings is 2. The van der Waals surface area contributed by atoms with Gasteiger partial charge in [0.05, 0.1) is 11.9 Å². The van der Waals surface area contributed by atoms with Crippen molar-refractivity contribution >= 4 is 39.1 Å². The number of para-hydroxylation sites is 1. The van der Waals surface area contributed by atoms with Crippen LogP contribution in [0.2, 0.25) is 5.02 Å². The molecule has 0 aromatic heterocycles. The van der Waals surface area contributed by atoms with E-state index in [0.29, 0.717) is 17.0 Å². The van der Waals surface area contributed by atoms with Gasteiger partial charge in [0.25, 0.3) is 0 Å². The molecule has 0 fully saturated rings. The second-order valence-corrected chi connectivity index (χ2v) is 12.0. The van der Waals surface area contributed by atoms with E-state index in [2.05, 4.69) is 5.32 Å². The zero-order chi connectivity index (χ0) is 27.1. The van der Waals surface area contributed by atoms with Crippen LogP contribution >= 0.6 is 11.6 Å². The zero-order valence-electron chi connectivity index (χ0n) is 21.4. The van der Waals surface area contributed by atoms with Gasteiger partial charge in [-0.15, -0.1) is 0 Å². The Morgan fingerprint density at radius 3 is 2.25 bits per heavy atom. The average molecular weight is 540 g/mol. The summed E-state index contributed by atoms with van der Waals surface area (Å²) in [5.74, 6) is -1.28. The minimum atomic E-state index is -3.78. The van der Waals surface area contributed by atoms with E-state index in [4.69, 9.17) is 11.6 Å². The lowest BCUT2D eigenvalue weighted by Gasteiger charge is -2.33. The van der Waals surface area contributed by atoms with Crippen LogP contribution < -0.4 is 9.62 Å². The van der Waals surface area contributed by atoms with E-state index in [9.17, 15) is 22.4 Å². The third-order valence-electron chi connectivity index (χ3n) is 5.46. The number of halogens is 2. The number of carbonyl (C=O) groups excluding carboxylic acids is 2. The second kappa shape index (κ2) is 12.5. The molecule has 1 atom stereocenters. The van der Waals surface area contributed by atoms with Crippen LogP contribution in [0.15, 0.2) is 48.5 Å². The highest BCUT2D eigenvalue weighted by Gasteiger charge is 2.31. The van der Waals surface area contributed by atoms with E-state index in [-0.39, 0.29) is 43.4 Å². The van der Waals surface area contributed by atoms with Gasteiger partial charge in [-0.05, 0) is 57.4 Å². The molecule has 2 aromatic carbocycles. The minimum absolute atomic E-state index is 0.0375. The van der Waals surface area contributed by atoms with Gasteiger partial charge in [0.1, 0.15) is 11.9 Å². The molecule has 0 aliphatic heterocycles. The summed E-state index contributed by atoms with van der Waals surface area (Å²) in [6.45, 7) is 7.44. The first-order chi connectivity index (χ1) is 16.7. The molecule has 2 aromatic rings. The quantitative estimate of drug-likeness (QED) is 0.446. The number of anilines is 1. The van der Waals surface area contributed by atoms with Gasteiger partial charge < -0.3 is 10.2 Å². The van der Waals surface area contributed by atoms with E-state index in [1.54, 1.807) is 30.3 Å². The predicted octanol–water partition coefficient (Wildman–Crippen LogP) is 4.75. The van der Waals surface area contributed by atoms with Crippen LogP contribution in [-0.2, 0) is 26.2 Å². The number of sulfonamides is 1. The first-order valence-corrected chi connectivity index (χ1v) is 14.0. The molecule has 7 nitrogen and oxygen atoms in total. The van der Waals surface area contributed by atoms with Crippen molar-refractivity contribution in [2.75, 3.05) is 17.1 Å². The topological polar surface area (TPSA) is 86.8 Å². The lowest BCUT2D eigenvalue weighted by molar-refractivity contribution is -0.142. The second-order valence-electron chi connectivity index (χ2n) is 9.67. The SMILES string of the molecule is CCC(C(=O)NC(C)(C)C)N(Cc1ccccc1Cl)C(=O)CCCN(c1ccccc1F)S(C)(=O)=O. The van der Waals surface area contributed by atoms with Crippen molar-refractivity contribution in [1.82, 2.24) is 10.2 Å². The molecule has 36 heavy (non-hydrogen) atoms. The molecule has 1 N–H and O–H groups in total. The third kappa shape index (κ3) is 8.48. The van der Waals surface area contributed by atoms with E-state index in [1.165, 1.54) is 23.1 Å². The molecule has 0 saturated heterocycles. The highest BCUT2D eigenvalue weighted by molar-refractivity contribution is 7.92. The maximum Gasteiger partial charge on any atom is 0.243 e. The number of hydrogen-bond acceptors (Lipinski definition) is 4. The Balaban J connectivity index is 2.26. The van der Waals surface area contributed by atoms with Gasteiger partial charge >= 0.3 is 0 Å². The summed E-state index contributed by atoms with van der Waals surface area (Å²) in [5.41, 5.74) is 0.134. The molecule has 0 aliphatic carbocycles. The fourth-order valence-corrected chi connectivity index (χ4v) is 4.98. The normalized spacial score (nSPS) is 12.6. The maximum atomic E-state index is 14.3. The predicted molar refractivity (Wildman–Crippen MR) is 142 cm³/mol. The van der Waals surface area contributed by atoms with Crippen LogP contribution in [0.4, 0.5) is 10.1 Å². The van der Waals surface area contributed by atoms with Crippen molar-refractivity contribution < 1.29 is 22.4 Å². The van der Waals surface area contributed by atoms with Crippen molar-refractivity contribution in [3.63, 3.8) is 0 Å². The molecular formula is C26H35ClFN3O4S. The van der Waals surface area contributed by atoms with Crippen LogP contribution in [0.3, 0.4) is 0 Å². The monoisotopic (exact) mass is 539 g/mol. The highest BCUT2D eigenvalue weighted by Crippen LogP contribution is 2.24. The van der Waals surface area contributed by atoms with Crippen LogP contribution in [0.1, 0.15) is 52.5 Å². The van der Waals surface area contributed by atoms with Gasteiger partial charge in [0.15, 0.2) is 0 Å². The van der Waals surface area contributed by atoms with E-state index >= 15 is 0 Å². The van der Waals surface area contributed by atoms with Gasteiger partial charge in [-0.2, -0.15) is 0 Å². The first kappa shape index (κ1) is 29.6. The fraction of sp³-hybridized carbons (Fsp3) is 0.462. The number of carbonyl (C=O) groups is 2. The van der Waals surface area contributed by atoms with Gasteiger partial charge in [0, 0.05) is 30.1 Å². The van der Waals surface area contributed by atoms with E-state index in [1.807, 2.05) is 27.7 Å². The smallest absolute Gasteiger partial charge is 0.243 e. The minimum Gasteiger partial charge on any atom is -0.350 e. The Kier molecular flexibility index (Phi) is 10.3. The lowest BCUT2D eigenvalue weighted by Crippen LogP contribution is -2.53. The summed E-state index contributed by atoms with van der Waals surface area (Å²) in [6.07, 6.45) is 1.47. The molecular weight excluding hydrogens is 505 g/mol. The standard InChI is InChI=1S/C26H35ClFN3O4S/c1-6-22(25(33)29-26(2,3)4)30(18-19-12-7-8-13-20(19)27)24(32)16-11-17-31(36(5,34)35)23-15-10-9-14-21(23)28/h7-10,12-15,22H,6,11,16-18H2,1-5H3,(H,29,33). The summed E-state index contributed by atoms with van der Waals surface area (Å²) in [7, 11) is -3.78.